The lowest BCUT2D eigenvalue weighted by Gasteiger charge is -2.31. The van der Waals surface area contributed by atoms with Crippen molar-refractivity contribution < 1.29 is 13.9 Å². The van der Waals surface area contributed by atoms with E-state index >= 15 is 0 Å². The number of nitrogens with one attached hydrogen (secondary N) is 2. The van der Waals surface area contributed by atoms with Crippen LogP contribution < -0.4 is 5.32 Å². The fraction of sp³-hybridized carbons (Fsp3) is 0.632. The number of nitrogens with zero attached hydrogens (tertiary/aromatic N) is 3. The van der Waals surface area contributed by atoms with Crippen LogP contribution in [-0.2, 0) is 11.3 Å². The first kappa shape index (κ1) is 18.0. The largest absolute Gasteiger partial charge is 0.467 e. The van der Waals surface area contributed by atoms with Crippen molar-refractivity contribution in [2.75, 3.05) is 26.2 Å². The lowest BCUT2D eigenvalue weighted by Crippen LogP contribution is -2.45. The van der Waals surface area contributed by atoms with Gasteiger partial charge in [-0.2, -0.15) is 5.10 Å². The molecule has 2 amide bonds. The molecule has 2 N–H and O–H groups in total. The maximum absolute atomic E-state index is 12.4. The molecule has 2 aliphatic rings. The van der Waals surface area contributed by atoms with Crippen molar-refractivity contribution in [3.63, 3.8) is 0 Å². The Bertz CT molecular complexity index is 726. The predicted octanol–water partition coefficient (Wildman–Crippen LogP) is 2.77. The Hall–Kier alpha value is -2.35. The quantitative estimate of drug-likeness (QED) is 0.694. The topological polar surface area (TPSA) is 96.3 Å². The zero-order valence-electron chi connectivity index (χ0n) is 15.5. The lowest BCUT2D eigenvalue weighted by molar-refractivity contribution is 0.104. The molecule has 1 unspecified atom stereocenters. The molecule has 1 saturated heterocycles. The molecule has 0 spiro atoms. The highest BCUT2D eigenvalue weighted by Crippen LogP contribution is 2.38. The van der Waals surface area contributed by atoms with E-state index in [1.807, 2.05) is 17.0 Å². The summed E-state index contributed by atoms with van der Waals surface area (Å²) >= 11 is 0. The van der Waals surface area contributed by atoms with Gasteiger partial charge >= 0.3 is 6.03 Å². The average molecular weight is 373 g/mol. The predicted molar refractivity (Wildman–Crippen MR) is 98.3 cm³/mol. The zero-order chi connectivity index (χ0) is 18.5. The molecule has 146 valence electrons. The fourth-order valence-corrected chi connectivity index (χ4v) is 3.43. The molecule has 0 bridgehead atoms. The van der Waals surface area contributed by atoms with E-state index in [9.17, 15) is 4.79 Å². The number of amides is 2. The molecule has 0 radical (unpaired) electrons. The molecular weight excluding hydrogens is 346 g/mol. The molecule has 1 aliphatic carbocycles. The van der Waals surface area contributed by atoms with E-state index in [0.717, 1.165) is 43.2 Å². The molecule has 3 heterocycles. The SMILES string of the molecule is O=C(NCCCOCc1ccco1)N1CCCC(c2n[nH]c(C3CC3)n2)C1. The number of furan rings is 1. The third-order valence-electron chi connectivity index (χ3n) is 5.12. The van der Waals surface area contributed by atoms with Gasteiger partial charge in [-0.1, -0.05) is 0 Å². The van der Waals surface area contributed by atoms with Crippen LogP contribution in [-0.4, -0.2) is 52.4 Å². The van der Waals surface area contributed by atoms with E-state index in [0.29, 0.717) is 32.2 Å². The second kappa shape index (κ2) is 8.56. The molecule has 1 saturated carbocycles. The number of piperidine rings is 1. The number of likely N-dealkylation sites (tertiary alicyclic amines) is 1. The highest BCUT2D eigenvalue weighted by atomic mass is 16.5. The summed E-state index contributed by atoms with van der Waals surface area (Å²) in [6, 6.07) is 3.72. The Morgan fingerprint density at radius 2 is 2.30 bits per heavy atom. The number of aromatic nitrogens is 3. The van der Waals surface area contributed by atoms with Crippen LogP contribution in [0, 0.1) is 0 Å². The van der Waals surface area contributed by atoms with Gasteiger partial charge in [-0.05, 0) is 44.2 Å². The normalized spacial score (nSPS) is 20.0. The van der Waals surface area contributed by atoms with Gasteiger partial charge in [-0.15, -0.1) is 0 Å². The molecule has 1 aliphatic heterocycles. The number of hydrogen-bond acceptors (Lipinski definition) is 5. The van der Waals surface area contributed by atoms with Crippen molar-refractivity contribution in [1.29, 1.82) is 0 Å². The van der Waals surface area contributed by atoms with E-state index in [1.165, 1.54) is 12.8 Å². The van der Waals surface area contributed by atoms with Gasteiger partial charge in [0.25, 0.3) is 0 Å². The third-order valence-corrected chi connectivity index (χ3v) is 5.12. The van der Waals surface area contributed by atoms with Crippen LogP contribution in [0.1, 0.15) is 61.3 Å². The van der Waals surface area contributed by atoms with E-state index < -0.39 is 0 Å². The third kappa shape index (κ3) is 4.88. The highest BCUT2D eigenvalue weighted by Gasteiger charge is 2.31. The number of urea groups is 1. The summed E-state index contributed by atoms with van der Waals surface area (Å²) in [5, 5.41) is 10.5. The van der Waals surface area contributed by atoms with Gasteiger partial charge in [0.1, 0.15) is 18.2 Å². The number of rotatable bonds is 8. The molecule has 1 atom stereocenters. The van der Waals surface area contributed by atoms with Crippen LogP contribution in [0.15, 0.2) is 22.8 Å². The highest BCUT2D eigenvalue weighted by molar-refractivity contribution is 5.74. The summed E-state index contributed by atoms with van der Waals surface area (Å²) in [4.78, 5) is 19.0. The summed E-state index contributed by atoms with van der Waals surface area (Å²) < 4.78 is 10.7. The number of aromatic amines is 1. The molecule has 2 fully saturated rings. The van der Waals surface area contributed by atoms with Crippen molar-refractivity contribution in [1.82, 2.24) is 25.4 Å². The Morgan fingerprint density at radius 1 is 1.37 bits per heavy atom. The molecule has 0 aromatic carbocycles. The van der Waals surface area contributed by atoms with Crippen LogP contribution in [0.5, 0.6) is 0 Å². The van der Waals surface area contributed by atoms with Crippen LogP contribution in [0.4, 0.5) is 4.79 Å². The Balaban J connectivity index is 1.15. The Morgan fingerprint density at radius 3 is 3.11 bits per heavy atom. The van der Waals surface area contributed by atoms with Gasteiger partial charge in [-0.3, -0.25) is 5.10 Å². The Kier molecular flexibility index (Phi) is 5.72. The Labute approximate surface area is 158 Å². The van der Waals surface area contributed by atoms with Crippen molar-refractivity contribution >= 4 is 6.03 Å². The first-order valence-corrected chi connectivity index (χ1v) is 9.84. The first-order chi connectivity index (χ1) is 13.3. The number of H-pyrrole nitrogens is 1. The maximum atomic E-state index is 12.4. The minimum absolute atomic E-state index is 0.0105. The van der Waals surface area contributed by atoms with Crippen molar-refractivity contribution in [3.05, 3.63) is 35.8 Å². The van der Waals surface area contributed by atoms with E-state index in [4.69, 9.17) is 9.15 Å². The molecule has 8 heteroatoms. The minimum atomic E-state index is -0.0105. The maximum Gasteiger partial charge on any atom is 0.317 e. The smallest absolute Gasteiger partial charge is 0.317 e. The zero-order valence-corrected chi connectivity index (χ0v) is 15.5. The van der Waals surface area contributed by atoms with Crippen LogP contribution in [0.25, 0.3) is 0 Å². The monoisotopic (exact) mass is 373 g/mol. The molecule has 2 aromatic rings. The van der Waals surface area contributed by atoms with Crippen LogP contribution in [0.3, 0.4) is 0 Å². The number of carbonyl (C=O) groups is 1. The number of ether oxygens (including phenoxy) is 1. The summed E-state index contributed by atoms with van der Waals surface area (Å²) in [5.41, 5.74) is 0. The van der Waals surface area contributed by atoms with Crippen molar-refractivity contribution in [3.8, 4) is 0 Å². The van der Waals surface area contributed by atoms with Crippen molar-refractivity contribution in [2.24, 2.45) is 0 Å². The van der Waals surface area contributed by atoms with Crippen molar-refractivity contribution in [2.45, 2.75) is 50.5 Å². The molecular formula is C19H27N5O3. The van der Waals surface area contributed by atoms with Gasteiger partial charge in [0.05, 0.1) is 6.26 Å². The van der Waals surface area contributed by atoms with Crippen LogP contribution in [0.2, 0.25) is 0 Å². The van der Waals surface area contributed by atoms with Gasteiger partial charge < -0.3 is 19.4 Å². The number of carbonyl (C=O) groups excluding carboxylic acids is 1. The minimum Gasteiger partial charge on any atom is -0.467 e. The lowest BCUT2D eigenvalue weighted by atomic mass is 9.97. The van der Waals surface area contributed by atoms with E-state index in [2.05, 4.69) is 20.5 Å². The molecule has 8 nitrogen and oxygen atoms in total. The fourth-order valence-electron chi connectivity index (χ4n) is 3.43. The van der Waals surface area contributed by atoms with Gasteiger partial charge in [0, 0.05) is 38.1 Å². The molecule has 2 aromatic heterocycles. The summed E-state index contributed by atoms with van der Waals surface area (Å²) in [6.45, 7) is 3.13. The van der Waals surface area contributed by atoms with Crippen LogP contribution >= 0.6 is 0 Å². The van der Waals surface area contributed by atoms with Gasteiger partial charge in [0.2, 0.25) is 0 Å². The second-order valence-corrected chi connectivity index (χ2v) is 7.36. The molecule has 27 heavy (non-hydrogen) atoms. The summed E-state index contributed by atoms with van der Waals surface area (Å²) in [7, 11) is 0. The van der Waals surface area contributed by atoms with E-state index in [1.54, 1.807) is 6.26 Å². The van der Waals surface area contributed by atoms with E-state index in [-0.39, 0.29) is 11.9 Å². The number of hydrogen-bond donors (Lipinski definition) is 2. The standard InChI is InChI=1S/C19H27N5O3/c25-19(20-8-3-10-26-13-16-5-2-11-27-16)24-9-1-4-15(12-24)18-21-17(22-23-18)14-6-7-14/h2,5,11,14-15H,1,3-4,6-10,12-13H2,(H,20,25)(H,21,22,23). The first-order valence-electron chi connectivity index (χ1n) is 9.84. The van der Waals surface area contributed by atoms with Gasteiger partial charge in [0.15, 0.2) is 5.82 Å². The van der Waals surface area contributed by atoms with Gasteiger partial charge in [-0.25, -0.2) is 9.78 Å². The average Bonchev–Trinajstić information content (AvgIpc) is 3.20. The summed E-state index contributed by atoms with van der Waals surface area (Å²) in [5.74, 6) is 3.49. The summed E-state index contributed by atoms with van der Waals surface area (Å²) in [6.07, 6.45) is 6.84. The second-order valence-electron chi connectivity index (χ2n) is 7.36. The molecule has 4 rings (SSSR count).